The lowest BCUT2D eigenvalue weighted by atomic mass is 10.1. The van der Waals surface area contributed by atoms with Crippen molar-refractivity contribution in [3.63, 3.8) is 0 Å². The first-order valence-corrected chi connectivity index (χ1v) is 10.5. The molecule has 1 saturated heterocycles. The molecule has 0 N–H and O–H groups in total. The Morgan fingerprint density at radius 3 is 2.24 bits per heavy atom. The molecule has 3 nitrogen and oxygen atoms in total. The number of hydrogen-bond acceptors (Lipinski definition) is 3. The van der Waals surface area contributed by atoms with Crippen LogP contribution in [0, 0.1) is 6.92 Å². The van der Waals surface area contributed by atoms with Crippen molar-refractivity contribution in [2.45, 2.75) is 6.92 Å². The molecule has 1 aliphatic rings. The number of rotatable bonds is 3. The number of hydrogen-bond donors (Lipinski definition) is 0. The van der Waals surface area contributed by atoms with Gasteiger partial charge in [-0.15, -0.1) is 0 Å². The number of amides is 1. The first kappa shape index (κ1) is 19.8. The van der Waals surface area contributed by atoms with Crippen molar-refractivity contribution in [2.75, 3.05) is 4.90 Å². The molecule has 1 amide bonds. The lowest BCUT2D eigenvalue weighted by molar-refractivity contribution is -0.113. The normalized spacial score (nSPS) is 16.8. The van der Waals surface area contributed by atoms with Crippen LogP contribution in [0.4, 0.5) is 11.4 Å². The zero-order valence-corrected chi connectivity index (χ0v) is 17.8. The Bertz CT molecular complexity index is 1120. The third-order valence-corrected chi connectivity index (χ3v) is 5.76. The predicted molar refractivity (Wildman–Crippen MR) is 124 cm³/mol. The monoisotopic (exact) mass is 438 g/mol. The highest BCUT2D eigenvalue weighted by Gasteiger charge is 2.34. The summed E-state index contributed by atoms with van der Waals surface area (Å²) in [5, 5.41) is 1.83. The van der Waals surface area contributed by atoms with Gasteiger partial charge in [-0.2, -0.15) is 0 Å². The number of halogens is 2. The van der Waals surface area contributed by atoms with E-state index in [-0.39, 0.29) is 5.91 Å². The van der Waals surface area contributed by atoms with Crippen LogP contribution in [0.2, 0.25) is 10.0 Å². The Kier molecular flexibility index (Phi) is 5.76. The van der Waals surface area contributed by atoms with E-state index in [4.69, 9.17) is 28.2 Å². The minimum Gasteiger partial charge on any atom is -0.268 e. The van der Waals surface area contributed by atoms with Crippen LogP contribution in [0.3, 0.4) is 0 Å². The fourth-order valence-electron chi connectivity index (χ4n) is 2.90. The molecule has 0 bridgehead atoms. The summed E-state index contributed by atoms with van der Waals surface area (Å²) in [5.41, 5.74) is 3.55. The predicted octanol–water partition coefficient (Wildman–Crippen LogP) is 7.11. The van der Waals surface area contributed by atoms with E-state index in [2.05, 4.69) is 0 Å². The quantitative estimate of drug-likeness (QED) is 0.408. The van der Waals surface area contributed by atoms with Crippen LogP contribution in [0.5, 0.6) is 0 Å². The van der Waals surface area contributed by atoms with Gasteiger partial charge in [-0.1, -0.05) is 53.0 Å². The lowest BCUT2D eigenvalue weighted by Gasteiger charge is -2.15. The number of carbonyl (C=O) groups excluding carboxylic acids is 1. The summed E-state index contributed by atoms with van der Waals surface area (Å²) in [5.74, 6) is -0.119. The van der Waals surface area contributed by atoms with E-state index < -0.39 is 0 Å². The number of carbonyl (C=O) groups is 1. The van der Waals surface area contributed by atoms with Gasteiger partial charge in [-0.05, 0) is 78.9 Å². The standard InChI is InChI=1S/C23H16Cl2N2OS/c1-15-3-2-4-16(13-15)14-21-22(28)27(20-11-7-18(25)8-12-20)23(29-21)26-19-9-5-17(24)6-10-19/h2-14H,1H3/b21-14-,26-23?. The zero-order chi connectivity index (χ0) is 20.4. The van der Waals surface area contributed by atoms with Crippen LogP contribution in [-0.4, -0.2) is 11.1 Å². The van der Waals surface area contributed by atoms with Gasteiger partial charge in [0.25, 0.3) is 5.91 Å². The molecule has 29 heavy (non-hydrogen) atoms. The van der Waals surface area contributed by atoms with Gasteiger partial charge in [0, 0.05) is 10.0 Å². The van der Waals surface area contributed by atoms with Gasteiger partial charge in [0.15, 0.2) is 5.17 Å². The molecule has 0 radical (unpaired) electrons. The second-order valence-electron chi connectivity index (χ2n) is 6.51. The van der Waals surface area contributed by atoms with Crippen molar-refractivity contribution >= 4 is 63.5 Å². The molecule has 3 aromatic carbocycles. The number of nitrogens with zero attached hydrogens (tertiary/aromatic N) is 2. The third-order valence-electron chi connectivity index (χ3n) is 4.28. The maximum absolute atomic E-state index is 13.2. The minimum absolute atomic E-state index is 0.119. The van der Waals surface area contributed by atoms with Crippen molar-refractivity contribution in [3.05, 3.63) is 98.9 Å². The van der Waals surface area contributed by atoms with Gasteiger partial charge in [-0.25, -0.2) is 4.99 Å². The smallest absolute Gasteiger partial charge is 0.268 e. The molecule has 0 spiro atoms. The maximum atomic E-state index is 13.2. The first-order chi connectivity index (χ1) is 14.0. The Morgan fingerprint density at radius 1 is 0.931 bits per heavy atom. The van der Waals surface area contributed by atoms with Crippen molar-refractivity contribution in [3.8, 4) is 0 Å². The molecule has 0 aliphatic carbocycles. The number of aliphatic imine (C=N–C) groups is 1. The van der Waals surface area contributed by atoms with E-state index in [0.717, 1.165) is 16.8 Å². The van der Waals surface area contributed by atoms with E-state index in [9.17, 15) is 4.79 Å². The summed E-state index contributed by atoms with van der Waals surface area (Å²) in [6.45, 7) is 2.03. The molecule has 1 aliphatic heterocycles. The topological polar surface area (TPSA) is 32.7 Å². The fourth-order valence-corrected chi connectivity index (χ4v) is 4.16. The van der Waals surface area contributed by atoms with E-state index in [1.54, 1.807) is 29.2 Å². The Balaban J connectivity index is 1.77. The average molecular weight is 439 g/mol. The first-order valence-electron chi connectivity index (χ1n) is 8.90. The summed E-state index contributed by atoms with van der Waals surface area (Å²) in [6, 6.07) is 22.4. The largest absolute Gasteiger partial charge is 0.271 e. The number of benzene rings is 3. The van der Waals surface area contributed by atoms with Crippen LogP contribution in [0.1, 0.15) is 11.1 Å². The van der Waals surface area contributed by atoms with Crippen molar-refractivity contribution in [1.29, 1.82) is 0 Å². The van der Waals surface area contributed by atoms with Gasteiger partial charge >= 0.3 is 0 Å². The summed E-state index contributed by atoms with van der Waals surface area (Å²) in [7, 11) is 0. The molecular weight excluding hydrogens is 423 g/mol. The van der Waals surface area contributed by atoms with Gasteiger partial charge in [-0.3, -0.25) is 9.69 Å². The van der Waals surface area contributed by atoms with E-state index in [1.165, 1.54) is 11.8 Å². The number of thioether (sulfide) groups is 1. The lowest BCUT2D eigenvalue weighted by Crippen LogP contribution is -2.28. The molecule has 0 saturated carbocycles. The van der Waals surface area contributed by atoms with Crippen molar-refractivity contribution in [2.24, 2.45) is 4.99 Å². The Hall–Kier alpha value is -2.53. The van der Waals surface area contributed by atoms with Crippen molar-refractivity contribution < 1.29 is 4.79 Å². The maximum Gasteiger partial charge on any atom is 0.271 e. The summed E-state index contributed by atoms with van der Waals surface area (Å²) in [6.07, 6.45) is 1.90. The Labute approximate surface area is 183 Å². The second-order valence-corrected chi connectivity index (χ2v) is 8.39. The van der Waals surface area contributed by atoms with Crippen LogP contribution in [0.25, 0.3) is 6.08 Å². The van der Waals surface area contributed by atoms with E-state index >= 15 is 0 Å². The highest BCUT2D eigenvalue weighted by molar-refractivity contribution is 8.19. The third kappa shape index (κ3) is 4.56. The zero-order valence-electron chi connectivity index (χ0n) is 15.5. The van der Waals surface area contributed by atoms with Gasteiger partial charge in [0.2, 0.25) is 0 Å². The van der Waals surface area contributed by atoms with Gasteiger partial charge in [0.1, 0.15) is 0 Å². The molecule has 1 fully saturated rings. The summed E-state index contributed by atoms with van der Waals surface area (Å²) < 4.78 is 0. The SMILES string of the molecule is Cc1cccc(/C=C2\SC(=Nc3ccc(Cl)cc3)N(c3ccc(Cl)cc3)C2=O)c1. The highest BCUT2D eigenvalue weighted by Crippen LogP contribution is 2.37. The average Bonchev–Trinajstić information content (AvgIpc) is 2.99. The van der Waals surface area contributed by atoms with Crippen LogP contribution < -0.4 is 4.90 Å². The molecule has 6 heteroatoms. The molecule has 144 valence electrons. The molecule has 1 heterocycles. The van der Waals surface area contributed by atoms with Crippen LogP contribution >= 0.6 is 35.0 Å². The van der Waals surface area contributed by atoms with Crippen LogP contribution in [0.15, 0.2) is 82.7 Å². The Morgan fingerprint density at radius 2 is 1.59 bits per heavy atom. The molecular formula is C23H16Cl2N2OS. The second kappa shape index (κ2) is 8.46. The number of aryl methyl sites for hydroxylation is 1. The summed E-state index contributed by atoms with van der Waals surface area (Å²) >= 11 is 13.3. The van der Waals surface area contributed by atoms with Gasteiger partial charge in [0.05, 0.1) is 16.3 Å². The minimum atomic E-state index is -0.119. The number of anilines is 1. The molecule has 0 atom stereocenters. The van der Waals surface area contributed by atoms with E-state index in [1.807, 2.05) is 61.5 Å². The summed E-state index contributed by atoms with van der Waals surface area (Å²) in [4.78, 5) is 20.1. The van der Waals surface area contributed by atoms with Crippen LogP contribution in [-0.2, 0) is 4.79 Å². The molecule has 4 rings (SSSR count). The molecule has 0 aromatic heterocycles. The highest BCUT2D eigenvalue weighted by atomic mass is 35.5. The molecule has 3 aromatic rings. The van der Waals surface area contributed by atoms with Gasteiger partial charge < -0.3 is 0 Å². The van der Waals surface area contributed by atoms with E-state index in [0.29, 0.717) is 25.8 Å². The number of amidine groups is 1. The van der Waals surface area contributed by atoms with Crippen molar-refractivity contribution in [1.82, 2.24) is 0 Å². The fraction of sp³-hybridized carbons (Fsp3) is 0.0435. The molecule has 0 unspecified atom stereocenters.